The van der Waals surface area contributed by atoms with Crippen molar-refractivity contribution in [2.45, 2.75) is 33.1 Å². The Balaban J connectivity index is 0.00000232. The Bertz CT molecular complexity index is 372. The zero-order valence-corrected chi connectivity index (χ0v) is 14.9. The van der Waals surface area contributed by atoms with Crippen molar-refractivity contribution in [3.63, 3.8) is 0 Å². The highest BCUT2D eigenvalue weighted by Gasteiger charge is 1.95. The molecule has 5 heteroatoms. The third-order valence-electron chi connectivity index (χ3n) is 3.05. The first-order chi connectivity index (χ1) is 11.3. The number of benzene rings is 1. The Hall–Kier alpha value is -1.59. The van der Waals surface area contributed by atoms with Gasteiger partial charge in [-0.05, 0) is 37.9 Å². The highest BCUT2D eigenvalue weighted by atomic mass is 16.5. The van der Waals surface area contributed by atoms with Crippen LogP contribution in [0.25, 0.3) is 0 Å². The van der Waals surface area contributed by atoms with E-state index in [1.807, 2.05) is 44.2 Å². The van der Waals surface area contributed by atoms with Crippen molar-refractivity contribution in [1.82, 2.24) is 16.0 Å². The van der Waals surface area contributed by atoms with E-state index in [-0.39, 0.29) is 5.91 Å². The average molecular weight is 323 g/mol. The van der Waals surface area contributed by atoms with Gasteiger partial charge in [0.1, 0.15) is 5.75 Å². The number of para-hydroxylation sites is 1. The zero-order valence-electron chi connectivity index (χ0n) is 14.9. The topological polar surface area (TPSA) is 62.4 Å². The third-order valence-corrected chi connectivity index (χ3v) is 3.05. The SMILES string of the molecule is CC.CNC(=O)CNCCNCCCCCOc1ccccc1. The molecule has 5 nitrogen and oxygen atoms in total. The van der Waals surface area contributed by atoms with Gasteiger partial charge in [0, 0.05) is 20.1 Å². The summed E-state index contributed by atoms with van der Waals surface area (Å²) < 4.78 is 5.63. The van der Waals surface area contributed by atoms with Crippen molar-refractivity contribution in [2.24, 2.45) is 0 Å². The van der Waals surface area contributed by atoms with Gasteiger partial charge in [0.05, 0.1) is 13.2 Å². The molecule has 132 valence electrons. The summed E-state index contributed by atoms with van der Waals surface area (Å²) in [4.78, 5) is 10.9. The van der Waals surface area contributed by atoms with Crippen molar-refractivity contribution in [3.8, 4) is 5.75 Å². The first kappa shape index (κ1) is 21.4. The number of carbonyl (C=O) groups is 1. The number of nitrogens with one attached hydrogen (secondary N) is 3. The summed E-state index contributed by atoms with van der Waals surface area (Å²) in [5, 5.41) is 9.00. The predicted molar refractivity (Wildman–Crippen MR) is 96.9 cm³/mol. The molecule has 0 unspecified atom stereocenters. The number of carbonyl (C=O) groups excluding carboxylic acids is 1. The van der Waals surface area contributed by atoms with Crippen LogP contribution in [-0.4, -0.2) is 45.7 Å². The number of hydrogen-bond acceptors (Lipinski definition) is 4. The predicted octanol–water partition coefficient (Wildman–Crippen LogP) is 2.19. The Morgan fingerprint density at radius 3 is 2.35 bits per heavy atom. The maximum Gasteiger partial charge on any atom is 0.233 e. The van der Waals surface area contributed by atoms with E-state index >= 15 is 0 Å². The second-order valence-electron chi connectivity index (χ2n) is 4.82. The van der Waals surface area contributed by atoms with Gasteiger partial charge in [0.2, 0.25) is 5.91 Å². The molecule has 0 radical (unpaired) electrons. The monoisotopic (exact) mass is 323 g/mol. The van der Waals surface area contributed by atoms with E-state index in [4.69, 9.17) is 4.74 Å². The van der Waals surface area contributed by atoms with Crippen molar-refractivity contribution < 1.29 is 9.53 Å². The summed E-state index contributed by atoms with van der Waals surface area (Å²) in [6, 6.07) is 9.91. The molecule has 0 saturated heterocycles. The van der Waals surface area contributed by atoms with E-state index in [0.717, 1.165) is 51.3 Å². The van der Waals surface area contributed by atoms with Crippen LogP contribution in [0.15, 0.2) is 30.3 Å². The van der Waals surface area contributed by atoms with Gasteiger partial charge in [-0.25, -0.2) is 0 Å². The minimum Gasteiger partial charge on any atom is -0.494 e. The van der Waals surface area contributed by atoms with Gasteiger partial charge < -0.3 is 20.7 Å². The minimum absolute atomic E-state index is 0.0217. The lowest BCUT2D eigenvalue weighted by molar-refractivity contribution is -0.119. The van der Waals surface area contributed by atoms with E-state index < -0.39 is 0 Å². The van der Waals surface area contributed by atoms with Gasteiger partial charge in [0.15, 0.2) is 0 Å². The maximum absolute atomic E-state index is 10.9. The maximum atomic E-state index is 10.9. The molecule has 1 amide bonds. The number of amides is 1. The molecule has 23 heavy (non-hydrogen) atoms. The van der Waals surface area contributed by atoms with Crippen molar-refractivity contribution >= 4 is 5.91 Å². The van der Waals surface area contributed by atoms with Crippen LogP contribution in [0, 0.1) is 0 Å². The summed E-state index contributed by atoms with van der Waals surface area (Å²) in [5.74, 6) is 0.964. The Labute approximate surface area is 141 Å². The van der Waals surface area contributed by atoms with Gasteiger partial charge in [0.25, 0.3) is 0 Å². The molecule has 0 spiro atoms. The Morgan fingerprint density at radius 1 is 0.957 bits per heavy atom. The molecule has 0 aliphatic rings. The third kappa shape index (κ3) is 13.8. The molecule has 1 rings (SSSR count). The molecule has 3 N–H and O–H groups in total. The van der Waals surface area contributed by atoms with E-state index in [9.17, 15) is 4.79 Å². The quantitative estimate of drug-likeness (QED) is 0.516. The molecule has 1 aromatic rings. The van der Waals surface area contributed by atoms with Crippen LogP contribution in [0.4, 0.5) is 0 Å². The largest absolute Gasteiger partial charge is 0.494 e. The average Bonchev–Trinajstić information content (AvgIpc) is 2.62. The minimum atomic E-state index is 0.0217. The van der Waals surface area contributed by atoms with Gasteiger partial charge in [-0.15, -0.1) is 0 Å². The normalized spacial score (nSPS) is 9.70. The highest BCUT2D eigenvalue weighted by molar-refractivity contribution is 5.77. The molecule has 0 aliphatic heterocycles. The molecule has 0 aromatic heterocycles. The lowest BCUT2D eigenvalue weighted by Gasteiger charge is -2.07. The van der Waals surface area contributed by atoms with Crippen LogP contribution >= 0.6 is 0 Å². The van der Waals surface area contributed by atoms with Crippen LogP contribution in [0.1, 0.15) is 33.1 Å². The molecule has 0 atom stereocenters. The molecule has 0 saturated carbocycles. The molecular weight excluding hydrogens is 290 g/mol. The first-order valence-electron chi connectivity index (χ1n) is 8.63. The number of rotatable bonds is 12. The number of hydrogen-bond donors (Lipinski definition) is 3. The highest BCUT2D eigenvalue weighted by Crippen LogP contribution is 2.08. The van der Waals surface area contributed by atoms with Crippen LogP contribution in [0.3, 0.4) is 0 Å². The van der Waals surface area contributed by atoms with Crippen molar-refractivity contribution in [1.29, 1.82) is 0 Å². The molecule has 0 fully saturated rings. The molecule has 0 bridgehead atoms. The fraction of sp³-hybridized carbons (Fsp3) is 0.611. The van der Waals surface area contributed by atoms with Crippen LogP contribution in [0.2, 0.25) is 0 Å². The van der Waals surface area contributed by atoms with Gasteiger partial charge in [-0.2, -0.15) is 0 Å². The lowest BCUT2D eigenvalue weighted by atomic mass is 10.2. The number of ether oxygens (including phenoxy) is 1. The van der Waals surface area contributed by atoms with E-state index in [1.165, 1.54) is 0 Å². The summed E-state index contributed by atoms with van der Waals surface area (Å²) >= 11 is 0. The van der Waals surface area contributed by atoms with E-state index in [0.29, 0.717) is 6.54 Å². The van der Waals surface area contributed by atoms with E-state index in [2.05, 4.69) is 16.0 Å². The van der Waals surface area contributed by atoms with E-state index in [1.54, 1.807) is 7.05 Å². The summed E-state index contributed by atoms with van der Waals surface area (Å²) in [7, 11) is 1.64. The van der Waals surface area contributed by atoms with Crippen LogP contribution in [0.5, 0.6) is 5.75 Å². The fourth-order valence-corrected chi connectivity index (χ4v) is 1.83. The smallest absolute Gasteiger partial charge is 0.233 e. The van der Waals surface area contributed by atoms with Gasteiger partial charge in [-0.3, -0.25) is 4.79 Å². The molecule has 0 heterocycles. The fourth-order valence-electron chi connectivity index (χ4n) is 1.83. The second-order valence-corrected chi connectivity index (χ2v) is 4.82. The van der Waals surface area contributed by atoms with Crippen LogP contribution < -0.4 is 20.7 Å². The lowest BCUT2D eigenvalue weighted by Crippen LogP contribution is -2.35. The molecule has 1 aromatic carbocycles. The van der Waals surface area contributed by atoms with Gasteiger partial charge in [-0.1, -0.05) is 32.0 Å². The second kappa shape index (κ2) is 16.8. The Kier molecular flexibility index (Phi) is 15.6. The number of unbranched alkanes of at least 4 members (excludes halogenated alkanes) is 2. The summed E-state index contributed by atoms with van der Waals surface area (Å²) in [6.07, 6.45) is 3.38. The summed E-state index contributed by atoms with van der Waals surface area (Å²) in [6.45, 7) is 7.86. The van der Waals surface area contributed by atoms with Gasteiger partial charge >= 0.3 is 0 Å². The van der Waals surface area contributed by atoms with Crippen molar-refractivity contribution in [3.05, 3.63) is 30.3 Å². The standard InChI is InChI=1S/C16H27N3O2.C2H6/c1-17-16(20)14-19-12-11-18-10-6-3-7-13-21-15-8-4-2-5-9-15;1-2/h2,4-5,8-9,18-19H,3,6-7,10-14H2,1H3,(H,17,20);1-2H3. The Morgan fingerprint density at radius 2 is 1.65 bits per heavy atom. The van der Waals surface area contributed by atoms with Crippen molar-refractivity contribution in [2.75, 3.05) is 39.8 Å². The van der Waals surface area contributed by atoms with Crippen LogP contribution in [-0.2, 0) is 4.79 Å². The molecular formula is C18H33N3O2. The molecule has 0 aliphatic carbocycles. The number of likely N-dealkylation sites (N-methyl/N-ethyl adjacent to an activating group) is 1. The summed E-state index contributed by atoms with van der Waals surface area (Å²) in [5.41, 5.74) is 0. The zero-order chi connectivity index (χ0) is 17.2. The first-order valence-corrected chi connectivity index (χ1v) is 8.63.